The summed E-state index contributed by atoms with van der Waals surface area (Å²) >= 11 is 0. The lowest BCUT2D eigenvalue weighted by Gasteiger charge is -2.09. The number of nitrogens with one attached hydrogen (secondary N) is 1. The molecule has 2 aromatic rings. The highest BCUT2D eigenvalue weighted by molar-refractivity contribution is 5.41. The molecule has 1 aromatic heterocycles. The van der Waals surface area contributed by atoms with Crippen LogP contribution in [0.25, 0.3) is 0 Å². The first kappa shape index (κ1) is 13.4. The average molecular weight is 258 g/mol. The number of hydrogen-bond donors (Lipinski definition) is 2. The minimum atomic E-state index is 0.166. The number of aromatic nitrogens is 1. The molecule has 0 unspecified atom stereocenters. The molecule has 100 valence electrons. The predicted octanol–water partition coefficient (Wildman–Crippen LogP) is 2.39. The number of benzene rings is 1. The molecule has 1 aromatic carbocycles. The van der Waals surface area contributed by atoms with Crippen molar-refractivity contribution >= 4 is 0 Å². The Morgan fingerprint density at radius 3 is 2.79 bits per heavy atom. The number of methoxy groups -OCH3 is 1. The standard InChI is InChI=1S/C15H18N2O2/c1-11-5-6-16-9-13(11)10-17-8-12-3-4-15(19-2)14(18)7-12/h3-7,9,17-18H,8,10H2,1-2H3. The maximum atomic E-state index is 9.69. The zero-order chi connectivity index (χ0) is 13.7. The van der Waals surface area contributed by atoms with Crippen molar-refractivity contribution in [2.45, 2.75) is 20.0 Å². The summed E-state index contributed by atoms with van der Waals surface area (Å²) in [7, 11) is 1.54. The van der Waals surface area contributed by atoms with E-state index in [0.29, 0.717) is 12.3 Å². The van der Waals surface area contributed by atoms with Gasteiger partial charge in [0.2, 0.25) is 0 Å². The molecule has 19 heavy (non-hydrogen) atoms. The zero-order valence-electron chi connectivity index (χ0n) is 11.2. The third kappa shape index (κ3) is 3.45. The summed E-state index contributed by atoms with van der Waals surface area (Å²) in [5.41, 5.74) is 3.42. The molecule has 0 saturated carbocycles. The first-order valence-electron chi connectivity index (χ1n) is 6.17. The highest BCUT2D eigenvalue weighted by atomic mass is 16.5. The number of phenols is 1. The number of pyridine rings is 1. The number of aromatic hydroxyl groups is 1. The quantitative estimate of drug-likeness (QED) is 0.864. The molecule has 0 fully saturated rings. The Bertz CT molecular complexity index is 556. The van der Waals surface area contributed by atoms with E-state index in [2.05, 4.69) is 17.2 Å². The van der Waals surface area contributed by atoms with E-state index >= 15 is 0 Å². The van der Waals surface area contributed by atoms with E-state index in [1.165, 1.54) is 18.2 Å². The van der Waals surface area contributed by atoms with Crippen molar-refractivity contribution in [1.29, 1.82) is 0 Å². The maximum absolute atomic E-state index is 9.69. The first-order chi connectivity index (χ1) is 9.20. The summed E-state index contributed by atoms with van der Waals surface area (Å²) in [5.74, 6) is 0.659. The van der Waals surface area contributed by atoms with Gasteiger partial charge in [0.1, 0.15) is 0 Å². The lowest BCUT2D eigenvalue weighted by molar-refractivity contribution is 0.373. The molecule has 0 aliphatic rings. The molecule has 2 rings (SSSR count). The molecule has 0 aliphatic heterocycles. The molecule has 0 aliphatic carbocycles. The van der Waals surface area contributed by atoms with E-state index in [1.807, 2.05) is 18.3 Å². The van der Waals surface area contributed by atoms with Gasteiger partial charge in [-0.05, 0) is 41.8 Å². The summed E-state index contributed by atoms with van der Waals surface area (Å²) in [6, 6.07) is 7.40. The van der Waals surface area contributed by atoms with Crippen molar-refractivity contribution in [1.82, 2.24) is 10.3 Å². The van der Waals surface area contributed by atoms with Crippen molar-refractivity contribution in [3.8, 4) is 11.5 Å². The molecule has 1 heterocycles. The van der Waals surface area contributed by atoms with Crippen molar-refractivity contribution in [2.24, 2.45) is 0 Å². The smallest absolute Gasteiger partial charge is 0.160 e. The fourth-order valence-corrected chi connectivity index (χ4v) is 1.87. The Morgan fingerprint density at radius 2 is 2.11 bits per heavy atom. The van der Waals surface area contributed by atoms with Crippen molar-refractivity contribution in [3.63, 3.8) is 0 Å². The minimum absolute atomic E-state index is 0.166. The van der Waals surface area contributed by atoms with Crippen LogP contribution in [-0.2, 0) is 13.1 Å². The SMILES string of the molecule is COc1ccc(CNCc2cnccc2C)cc1O. The lowest BCUT2D eigenvalue weighted by atomic mass is 10.1. The van der Waals surface area contributed by atoms with Crippen LogP contribution in [0.2, 0.25) is 0 Å². The zero-order valence-corrected chi connectivity index (χ0v) is 11.2. The van der Waals surface area contributed by atoms with E-state index < -0.39 is 0 Å². The molecular weight excluding hydrogens is 240 g/mol. The van der Waals surface area contributed by atoms with Crippen LogP contribution < -0.4 is 10.1 Å². The topological polar surface area (TPSA) is 54.4 Å². The fourth-order valence-electron chi connectivity index (χ4n) is 1.87. The van der Waals surface area contributed by atoms with Crippen LogP contribution >= 0.6 is 0 Å². The maximum Gasteiger partial charge on any atom is 0.160 e. The largest absolute Gasteiger partial charge is 0.504 e. The summed E-state index contributed by atoms with van der Waals surface area (Å²) in [5, 5.41) is 13.0. The van der Waals surface area contributed by atoms with Gasteiger partial charge in [-0.1, -0.05) is 6.07 Å². The van der Waals surface area contributed by atoms with Crippen molar-refractivity contribution in [3.05, 3.63) is 53.3 Å². The molecule has 4 nitrogen and oxygen atoms in total. The second-order valence-electron chi connectivity index (χ2n) is 4.41. The molecule has 0 atom stereocenters. The average Bonchev–Trinajstić information content (AvgIpc) is 2.41. The van der Waals surface area contributed by atoms with Gasteiger partial charge in [-0.3, -0.25) is 4.98 Å². The summed E-state index contributed by atoms with van der Waals surface area (Å²) in [6.45, 7) is 3.51. The normalized spacial score (nSPS) is 10.4. The van der Waals surface area contributed by atoms with Gasteiger partial charge in [0.05, 0.1) is 7.11 Å². The van der Waals surface area contributed by atoms with E-state index in [0.717, 1.165) is 12.1 Å². The number of aryl methyl sites for hydroxylation is 1. The third-order valence-corrected chi connectivity index (χ3v) is 3.04. The van der Waals surface area contributed by atoms with Gasteiger partial charge in [-0.15, -0.1) is 0 Å². The van der Waals surface area contributed by atoms with Crippen LogP contribution in [0.1, 0.15) is 16.7 Å². The molecule has 4 heteroatoms. The van der Waals surface area contributed by atoms with Crippen LogP contribution in [0.3, 0.4) is 0 Å². The van der Waals surface area contributed by atoms with Gasteiger partial charge in [-0.2, -0.15) is 0 Å². The van der Waals surface area contributed by atoms with Crippen LogP contribution in [-0.4, -0.2) is 17.2 Å². The third-order valence-electron chi connectivity index (χ3n) is 3.04. The summed E-state index contributed by atoms with van der Waals surface area (Å²) in [4.78, 5) is 4.11. The Kier molecular flexibility index (Phi) is 4.36. The molecule has 0 bridgehead atoms. The van der Waals surface area contributed by atoms with Crippen LogP contribution in [0.15, 0.2) is 36.7 Å². The van der Waals surface area contributed by atoms with Crippen molar-refractivity contribution < 1.29 is 9.84 Å². The van der Waals surface area contributed by atoms with Gasteiger partial charge in [0.25, 0.3) is 0 Å². The molecule has 0 amide bonds. The van der Waals surface area contributed by atoms with Crippen molar-refractivity contribution in [2.75, 3.05) is 7.11 Å². The Morgan fingerprint density at radius 1 is 1.26 bits per heavy atom. The number of phenolic OH excluding ortho intramolecular Hbond substituents is 1. The minimum Gasteiger partial charge on any atom is -0.504 e. The number of ether oxygens (including phenoxy) is 1. The van der Waals surface area contributed by atoms with E-state index in [4.69, 9.17) is 4.74 Å². The summed E-state index contributed by atoms with van der Waals surface area (Å²) in [6.07, 6.45) is 3.66. The van der Waals surface area contributed by atoms with Gasteiger partial charge >= 0.3 is 0 Å². The Balaban J connectivity index is 1.93. The lowest BCUT2D eigenvalue weighted by Crippen LogP contribution is -2.13. The molecule has 0 spiro atoms. The molecular formula is C15H18N2O2. The van der Waals surface area contributed by atoms with E-state index in [9.17, 15) is 5.11 Å². The highest BCUT2D eigenvalue weighted by Crippen LogP contribution is 2.26. The predicted molar refractivity (Wildman–Crippen MR) is 74.2 cm³/mol. The van der Waals surface area contributed by atoms with E-state index in [1.54, 1.807) is 18.3 Å². The highest BCUT2D eigenvalue weighted by Gasteiger charge is 2.03. The molecule has 2 N–H and O–H groups in total. The Hall–Kier alpha value is -2.07. The van der Waals surface area contributed by atoms with Gasteiger partial charge < -0.3 is 15.2 Å². The van der Waals surface area contributed by atoms with E-state index in [-0.39, 0.29) is 5.75 Å². The first-order valence-corrected chi connectivity index (χ1v) is 6.17. The number of hydrogen-bond acceptors (Lipinski definition) is 4. The number of nitrogens with zero attached hydrogens (tertiary/aromatic N) is 1. The Labute approximate surface area is 113 Å². The van der Waals surface area contributed by atoms with Gasteiger partial charge in [-0.25, -0.2) is 0 Å². The second-order valence-corrected chi connectivity index (χ2v) is 4.41. The fraction of sp³-hybridized carbons (Fsp3) is 0.267. The van der Waals surface area contributed by atoms with Crippen LogP contribution in [0.5, 0.6) is 11.5 Å². The molecule has 0 saturated heterocycles. The monoisotopic (exact) mass is 258 g/mol. The number of rotatable bonds is 5. The van der Waals surface area contributed by atoms with Gasteiger partial charge in [0, 0.05) is 25.5 Å². The molecule has 0 radical (unpaired) electrons. The second kappa shape index (κ2) is 6.20. The van der Waals surface area contributed by atoms with Crippen LogP contribution in [0, 0.1) is 6.92 Å². The van der Waals surface area contributed by atoms with Gasteiger partial charge in [0.15, 0.2) is 11.5 Å². The van der Waals surface area contributed by atoms with Crippen LogP contribution in [0.4, 0.5) is 0 Å². The summed E-state index contributed by atoms with van der Waals surface area (Å²) < 4.78 is 5.01.